The second kappa shape index (κ2) is 9.31. The zero-order valence-corrected chi connectivity index (χ0v) is 23.8. The summed E-state index contributed by atoms with van der Waals surface area (Å²) in [4.78, 5) is 46.2. The molecule has 8 heteroatoms. The molecule has 4 heterocycles. The van der Waals surface area contributed by atoms with Crippen molar-refractivity contribution in [3.8, 4) is 11.5 Å². The summed E-state index contributed by atoms with van der Waals surface area (Å²) in [6, 6.07) is 23.5. The summed E-state index contributed by atoms with van der Waals surface area (Å²) in [5, 5.41) is 3.55. The van der Waals surface area contributed by atoms with E-state index < -0.39 is 23.4 Å². The van der Waals surface area contributed by atoms with Gasteiger partial charge in [0.05, 0.1) is 12.0 Å². The number of carbonyl (C=O) groups is 3. The number of ether oxygens (including phenoxy) is 2. The Bertz CT molecular complexity index is 1900. The van der Waals surface area contributed by atoms with Crippen LogP contribution in [-0.4, -0.2) is 36.4 Å². The number of hydrogen-bond donors (Lipinski definition) is 1. The average Bonchev–Trinajstić information content (AvgIpc) is 3.69. The molecule has 8 rings (SSSR count). The minimum Gasteiger partial charge on any atom is -0.454 e. The Morgan fingerprint density at radius 2 is 1.67 bits per heavy atom. The fourth-order valence-corrected chi connectivity index (χ4v) is 7.44. The number of aryl methyl sites for hydroxylation is 1. The van der Waals surface area contributed by atoms with Crippen molar-refractivity contribution < 1.29 is 23.9 Å². The molecule has 0 radical (unpaired) electrons. The molecule has 0 aromatic heterocycles. The number of carbonyl (C=O) groups excluding carboxylic acids is 3. The normalized spacial score (nSPS) is 24.0. The van der Waals surface area contributed by atoms with Gasteiger partial charge in [0.2, 0.25) is 12.7 Å². The molecule has 4 aromatic carbocycles. The summed E-state index contributed by atoms with van der Waals surface area (Å²) in [7, 11) is 0. The van der Waals surface area contributed by atoms with Crippen LogP contribution in [0.15, 0.2) is 91.0 Å². The van der Waals surface area contributed by atoms with Crippen LogP contribution >= 0.6 is 11.6 Å². The van der Waals surface area contributed by atoms with Gasteiger partial charge in [0.1, 0.15) is 11.5 Å². The van der Waals surface area contributed by atoms with Crippen LogP contribution in [0.5, 0.6) is 11.5 Å². The summed E-state index contributed by atoms with van der Waals surface area (Å²) in [6.45, 7) is 2.07. The van der Waals surface area contributed by atoms with Crippen molar-refractivity contribution in [1.82, 2.24) is 0 Å². The van der Waals surface area contributed by atoms with Crippen LogP contribution in [0.3, 0.4) is 0 Å². The van der Waals surface area contributed by atoms with Gasteiger partial charge in [-0.1, -0.05) is 53.6 Å². The minimum absolute atomic E-state index is 0.0602. The lowest BCUT2D eigenvalue weighted by atomic mass is 9.64. The van der Waals surface area contributed by atoms with Gasteiger partial charge in [0, 0.05) is 27.5 Å². The Kier molecular flexibility index (Phi) is 5.59. The first-order chi connectivity index (χ1) is 20.9. The second-order valence-corrected chi connectivity index (χ2v) is 11.8. The Balaban J connectivity index is 1.41. The summed E-state index contributed by atoms with van der Waals surface area (Å²) >= 11 is 6.19. The highest BCUT2D eigenvalue weighted by atomic mass is 35.5. The Hall–Kier alpha value is -4.88. The van der Waals surface area contributed by atoms with E-state index in [-0.39, 0.29) is 24.3 Å². The van der Waals surface area contributed by atoms with Crippen molar-refractivity contribution in [3.05, 3.63) is 124 Å². The number of amides is 1. The van der Waals surface area contributed by atoms with E-state index in [2.05, 4.69) is 5.32 Å². The van der Waals surface area contributed by atoms with E-state index in [1.807, 2.05) is 66.4 Å². The first-order valence-corrected chi connectivity index (χ1v) is 14.5. The predicted octanol–water partition coefficient (Wildman–Crippen LogP) is 6.23. The predicted molar refractivity (Wildman–Crippen MR) is 163 cm³/mol. The Morgan fingerprint density at radius 1 is 0.907 bits per heavy atom. The van der Waals surface area contributed by atoms with E-state index >= 15 is 0 Å². The summed E-state index contributed by atoms with van der Waals surface area (Å²) < 4.78 is 11.1. The van der Waals surface area contributed by atoms with Gasteiger partial charge >= 0.3 is 0 Å². The summed E-state index contributed by atoms with van der Waals surface area (Å²) in [5.41, 5.74) is 3.46. The highest BCUT2D eigenvalue weighted by Gasteiger charge is 2.70. The van der Waals surface area contributed by atoms with Crippen LogP contribution < -0.4 is 19.7 Å². The number of Topliss-reactive ketones (excluding diaryl/α,β-unsaturated/α-hetero) is 2. The van der Waals surface area contributed by atoms with Crippen LogP contribution in [0.1, 0.15) is 37.4 Å². The number of fused-ring (bicyclic) bond motifs is 7. The zero-order valence-electron chi connectivity index (χ0n) is 23.0. The molecule has 0 unspecified atom stereocenters. The SMILES string of the molecule is Cc1ccc2c(c1)C=C[C@@H]1N2[C@H](C(=O)c2ccc(Cl)cc2)[C@@H](C(=O)c2ccc3c(c2)OCO3)[C@@]12C(=O)Nc1ccccc12. The molecule has 4 aromatic rings. The Morgan fingerprint density at radius 3 is 2.51 bits per heavy atom. The van der Waals surface area contributed by atoms with Gasteiger partial charge in [0.15, 0.2) is 23.1 Å². The third-order valence-corrected chi connectivity index (χ3v) is 9.38. The van der Waals surface area contributed by atoms with Crippen LogP contribution in [0.2, 0.25) is 5.02 Å². The molecule has 7 nitrogen and oxygen atoms in total. The lowest BCUT2D eigenvalue weighted by molar-refractivity contribution is -0.121. The number of ketones is 2. The molecule has 0 bridgehead atoms. The number of anilines is 2. The average molecular weight is 589 g/mol. The molecule has 0 saturated carbocycles. The number of nitrogens with zero attached hydrogens (tertiary/aromatic N) is 1. The van der Waals surface area contributed by atoms with Crippen LogP contribution in [-0.2, 0) is 10.2 Å². The first-order valence-electron chi connectivity index (χ1n) is 14.1. The van der Waals surface area contributed by atoms with Gasteiger partial charge in [0.25, 0.3) is 0 Å². The lowest BCUT2D eigenvalue weighted by Gasteiger charge is -2.37. The van der Waals surface area contributed by atoms with Crippen LogP contribution in [0.4, 0.5) is 11.4 Å². The molecule has 212 valence electrons. The second-order valence-electron chi connectivity index (χ2n) is 11.4. The van der Waals surface area contributed by atoms with Crippen molar-refractivity contribution >= 4 is 46.5 Å². The number of hydrogen-bond acceptors (Lipinski definition) is 6. The van der Waals surface area contributed by atoms with Crippen LogP contribution in [0.25, 0.3) is 6.08 Å². The van der Waals surface area contributed by atoms with Gasteiger partial charge < -0.3 is 19.7 Å². The summed E-state index contributed by atoms with van der Waals surface area (Å²) in [6.07, 6.45) is 3.97. The number of benzene rings is 4. The molecule has 1 fully saturated rings. The van der Waals surface area contributed by atoms with Gasteiger partial charge in [-0.15, -0.1) is 0 Å². The molecular weight excluding hydrogens is 564 g/mol. The van der Waals surface area contributed by atoms with Crippen molar-refractivity contribution in [3.63, 3.8) is 0 Å². The van der Waals surface area contributed by atoms with Gasteiger partial charge in [-0.3, -0.25) is 14.4 Å². The van der Waals surface area contributed by atoms with E-state index in [9.17, 15) is 14.4 Å². The number of halogens is 1. The molecular formula is C35H25ClN2O5. The number of rotatable bonds is 4. The molecule has 43 heavy (non-hydrogen) atoms. The Labute approximate surface area is 252 Å². The van der Waals surface area contributed by atoms with E-state index in [1.54, 1.807) is 42.5 Å². The number of para-hydroxylation sites is 1. The van der Waals surface area contributed by atoms with Gasteiger partial charge in [-0.05, 0) is 78.7 Å². The van der Waals surface area contributed by atoms with Crippen molar-refractivity contribution in [2.45, 2.75) is 24.4 Å². The molecule has 1 saturated heterocycles. The first kappa shape index (κ1) is 25.8. The third-order valence-electron chi connectivity index (χ3n) is 9.13. The maximum absolute atomic E-state index is 15.0. The van der Waals surface area contributed by atoms with E-state index in [0.29, 0.717) is 38.9 Å². The molecule has 4 aliphatic rings. The minimum atomic E-state index is -1.39. The van der Waals surface area contributed by atoms with Crippen LogP contribution in [0, 0.1) is 12.8 Å². The van der Waals surface area contributed by atoms with Gasteiger partial charge in [-0.2, -0.15) is 0 Å². The van der Waals surface area contributed by atoms with E-state index in [4.69, 9.17) is 21.1 Å². The zero-order chi connectivity index (χ0) is 29.5. The standard InChI is InChI=1S/C35H25ClN2O5/c1-19-6-13-26-21(16-19)10-15-29-35(24-4-2-3-5-25(24)37-34(35)41)30(32(39)22-9-14-27-28(17-22)43-18-42-27)31(38(26)29)33(40)20-7-11-23(36)12-8-20/h2-17,29-31H,18H2,1H3,(H,37,41)/t29-,30-,31-,35-/m0/s1. The molecule has 4 atom stereocenters. The fraction of sp³-hybridized carbons (Fsp3) is 0.171. The molecule has 1 spiro atoms. The smallest absolute Gasteiger partial charge is 0.238 e. The quantitative estimate of drug-likeness (QED) is 0.284. The topological polar surface area (TPSA) is 84.9 Å². The molecule has 4 aliphatic heterocycles. The molecule has 1 N–H and O–H groups in total. The monoisotopic (exact) mass is 588 g/mol. The van der Waals surface area contributed by atoms with Gasteiger partial charge in [-0.25, -0.2) is 0 Å². The van der Waals surface area contributed by atoms with Crippen molar-refractivity contribution in [2.24, 2.45) is 5.92 Å². The maximum Gasteiger partial charge on any atom is 0.238 e. The number of nitrogens with one attached hydrogen (secondary N) is 1. The van der Waals surface area contributed by atoms with Crippen molar-refractivity contribution in [1.29, 1.82) is 0 Å². The third kappa shape index (κ3) is 3.58. The lowest BCUT2D eigenvalue weighted by Crippen LogP contribution is -2.51. The molecule has 0 aliphatic carbocycles. The highest BCUT2D eigenvalue weighted by molar-refractivity contribution is 6.30. The fourth-order valence-electron chi connectivity index (χ4n) is 7.31. The highest BCUT2D eigenvalue weighted by Crippen LogP contribution is 2.58. The molecule has 1 amide bonds. The van der Waals surface area contributed by atoms with Crippen molar-refractivity contribution in [2.75, 3.05) is 17.0 Å². The largest absolute Gasteiger partial charge is 0.454 e. The van der Waals surface area contributed by atoms with E-state index in [1.165, 1.54) is 0 Å². The van der Waals surface area contributed by atoms with E-state index in [0.717, 1.165) is 16.8 Å². The summed E-state index contributed by atoms with van der Waals surface area (Å²) in [5.74, 6) is -0.991. The maximum atomic E-state index is 15.0.